The van der Waals surface area contributed by atoms with Crippen LogP contribution in [0.5, 0.6) is 0 Å². The molecule has 20 heavy (non-hydrogen) atoms. The number of fused-ring (bicyclic) bond motifs is 1. The van der Waals surface area contributed by atoms with Crippen LogP contribution in [0.15, 0.2) is 16.6 Å². The molecule has 1 aromatic carbocycles. The molecule has 108 valence electrons. The highest BCUT2D eigenvalue weighted by molar-refractivity contribution is 9.10. The number of benzene rings is 1. The summed E-state index contributed by atoms with van der Waals surface area (Å²) in [6, 6.07) is 3.06. The van der Waals surface area contributed by atoms with E-state index in [4.69, 9.17) is 0 Å². The molecule has 1 saturated carbocycles. The summed E-state index contributed by atoms with van der Waals surface area (Å²) in [6.45, 7) is 2.82. The third-order valence-electron chi connectivity index (χ3n) is 4.64. The largest absolute Gasteiger partial charge is 0.382 e. The van der Waals surface area contributed by atoms with Crippen molar-refractivity contribution in [2.75, 3.05) is 17.2 Å². The highest BCUT2D eigenvalue weighted by Gasteiger charge is 2.42. The molecule has 3 nitrogen and oxygen atoms in total. The van der Waals surface area contributed by atoms with E-state index in [9.17, 15) is 9.18 Å². The molecular weight excluding hydrogens is 323 g/mol. The van der Waals surface area contributed by atoms with Gasteiger partial charge in [-0.05, 0) is 53.6 Å². The summed E-state index contributed by atoms with van der Waals surface area (Å²) in [5, 5.41) is 6.22. The average molecular weight is 341 g/mol. The Kier molecular flexibility index (Phi) is 3.48. The van der Waals surface area contributed by atoms with Gasteiger partial charge < -0.3 is 10.6 Å². The molecule has 0 saturated heterocycles. The van der Waals surface area contributed by atoms with E-state index in [-0.39, 0.29) is 17.1 Å². The lowest BCUT2D eigenvalue weighted by atomic mass is 9.70. The molecule has 1 amide bonds. The van der Waals surface area contributed by atoms with Crippen molar-refractivity contribution < 1.29 is 9.18 Å². The van der Waals surface area contributed by atoms with Gasteiger partial charge in [0.1, 0.15) is 5.82 Å². The minimum absolute atomic E-state index is 0.0640. The molecule has 1 aromatic rings. The van der Waals surface area contributed by atoms with Crippen LogP contribution in [0.3, 0.4) is 0 Å². The molecule has 5 heteroatoms. The Morgan fingerprint density at radius 1 is 1.30 bits per heavy atom. The lowest BCUT2D eigenvalue weighted by Gasteiger charge is -2.36. The highest BCUT2D eigenvalue weighted by atomic mass is 79.9. The smallest absolute Gasteiger partial charge is 0.232 e. The SMILES string of the molecule is CC1CCC2(CC1)CNc1cc(F)c(Br)cc1NC2=O. The number of hydrogen-bond acceptors (Lipinski definition) is 2. The van der Waals surface area contributed by atoms with Crippen molar-refractivity contribution in [2.45, 2.75) is 32.6 Å². The van der Waals surface area contributed by atoms with Gasteiger partial charge in [0.15, 0.2) is 0 Å². The Bertz CT molecular complexity index is 553. The highest BCUT2D eigenvalue weighted by Crippen LogP contribution is 2.43. The van der Waals surface area contributed by atoms with Crippen molar-refractivity contribution in [3.8, 4) is 0 Å². The van der Waals surface area contributed by atoms with Gasteiger partial charge in [-0.1, -0.05) is 6.92 Å². The fourth-order valence-corrected chi connectivity index (χ4v) is 3.46. The molecule has 0 unspecified atom stereocenters. The van der Waals surface area contributed by atoms with E-state index in [0.29, 0.717) is 28.3 Å². The zero-order valence-electron chi connectivity index (χ0n) is 11.4. The van der Waals surface area contributed by atoms with Gasteiger partial charge >= 0.3 is 0 Å². The molecule has 0 aromatic heterocycles. The zero-order chi connectivity index (χ0) is 14.3. The number of hydrogen-bond donors (Lipinski definition) is 2. The normalized spacial score (nSPS) is 29.4. The fraction of sp³-hybridized carbons (Fsp3) is 0.533. The van der Waals surface area contributed by atoms with Crippen LogP contribution in [0, 0.1) is 17.2 Å². The molecule has 0 bridgehead atoms. The maximum Gasteiger partial charge on any atom is 0.232 e. The quantitative estimate of drug-likeness (QED) is 0.744. The summed E-state index contributed by atoms with van der Waals surface area (Å²) in [4.78, 5) is 12.6. The van der Waals surface area contributed by atoms with Gasteiger partial charge in [0.05, 0.1) is 21.3 Å². The van der Waals surface area contributed by atoms with E-state index >= 15 is 0 Å². The standard InChI is InChI=1S/C15H18BrFN2O/c1-9-2-4-15(5-3-9)8-18-12-7-11(17)10(16)6-13(12)19-14(15)20/h6-7,9,18H,2-5,8H2,1H3,(H,19,20). The molecule has 1 aliphatic heterocycles. The maximum absolute atomic E-state index is 13.6. The van der Waals surface area contributed by atoms with E-state index < -0.39 is 0 Å². The Labute approximate surface area is 126 Å². The van der Waals surface area contributed by atoms with Gasteiger partial charge in [0.25, 0.3) is 0 Å². The Hall–Kier alpha value is -1.10. The van der Waals surface area contributed by atoms with Crippen molar-refractivity contribution in [1.82, 2.24) is 0 Å². The zero-order valence-corrected chi connectivity index (χ0v) is 13.0. The average Bonchev–Trinajstić information content (AvgIpc) is 2.54. The van der Waals surface area contributed by atoms with E-state index in [1.165, 1.54) is 6.07 Å². The number of nitrogens with one attached hydrogen (secondary N) is 2. The summed E-state index contributed by atoms with van der Waals surface area (Å²) in [5.74, 6) is 0.429. The lowest BCUT2D eigenvalue weighted by molar-refractivity contribution is -0.126. The molecule has 2 aliphatic rings. The third kappa shape index (κ3) is 2.32. The molecule has 0 radical (unpaired) electrons. The topological polar surface area (TPSA) is 41.1 Å². The van der Waals surface area contributed by atoms with Crippen LogP contribution in [0.1, 0.15) is 32.6 Å². The molecular formula is C15H18BrFN2O. The molecule has 1 spiro atoms. The second-order valence-electron chi connectivity index (χ2n) is 6.08. The van der Waals surface area contributed by atoms with E-state index in [1.807, 2.05) is 0 Å². The van der Waals surface area contributed by atoms with Crippen LogP contribution in [0.4, 0.5) is 15.8 Å². The molecule has 3 rings (SSSR count). The van der Waals surface area contributed by atoms with Crippen LogP contribution < -0.4 is 10.6 Å². The first-order valence-electron chi connectivity index (χ1n) is 7.04. The first-order valence-corrected chi connectivity index (χ1v) is 7.84. The lowest BCUT2D eigenvalue weighted by Crippen LogP contribution is -2.42. The third-order valence-corrected chi connectivity index (χ3v) is 5.25. The predicted molar refractivity (Wildman–Crippen MR) is 81.3 cm³/mol. The molecule has 1 aliphatic carbocycles. The molecule has 1 fully saturated rings. The first-order chi connectivity index (χ1) is 9.50. The van der Waals surface area contributed by atoms with Crippen molar-refractivity contribution in [2.24, 2.45) is 11.3 Å². The number of anilines is 2. The summed E-state index contributed by atoms with van der Waals surface area (Å²) in [5.41, 5.74) is 0.961. The molecule has 1 heterocycles. The summed E-state index contributed by atoms with van der Waals surface area (Å²) in [6.07, 6.45) is 3.93. The summed E-state index contributed by atoms with van der Waals surface area (Å²) in [7, 11) is 0. The number of carbonyl (C=O) groups is 1. The van der Waals surface area contributed by atoms with Crippen molar-refractivity contribution in [3.63, 3.8) is 0 Å². The van der Waals surface area contributed by atoms with Gasteiger partial charge in [0, 0.05) is 12.6 Å². The predicted octanol–water partition coefficient (Wildman–Crippen LogP) is 4.15. The van der Waals surface area contributed by atoms with Gasteiger partial charge in [-0.3, -0.25) is 4.79 Å². The van der Waals surface area contributed by atoms with Crippen LogP contribution in [0.2, 0.25) is 0 Å². The van der Waals surface area contributed by atoms with Gasteiger partial charge in [-0.15, -0.1) is 0 Å². The van der Waals surface area contributed by atoms with Crippen molar-refractivity contribution in [3.05, 3.63) is 22.4 Å². The van der Waals surface area contributed by atoms with E-state index in [0.717, 1.165) is 25.7 Å². The van der Waals surface area contributed by atoms with Crippen LogP contribution >= 0.6 is 15.9 Å². The Balaban J connectivity index is 1.90. The number of rotatable bonds is 0. The Morgan fingerprint density at radius 3 is 2.70 bits per heavy atom. The second kappa shape index (κ2) is 5.02. The number of halogens is 2. The number of amides is 1. The van der Waals surface area contributed by atoms with Crippen molar-refractivity contribution in [1.29, 1.82) is 0 Å². The minimum atomic E-state index is -0.353. The summed E-state index contributed by atoms with van der Waals surface area (Å²) >= 11 is 3.16. The minimum Gasteiger partial charge on any atom is -0.382 e. The van der Waals surface area contributed by atoms with E-state index in [1.54, 1.807) is 6.07 Å². The number of carbonyl (C=O) groups excluding carboxylic acids is 1. The maximum atomic E-state index is 13.6. The van der Waals surface area contributed by atoms with Crippen LogP contribution in [-0.2, 0) is 4.79 Å². The van der Waals surface area contributed by atoms with E-state index in [2.05, 4.69) is 33.5 Å². The monoisotopic (exact) mass is 340 g/mol. The summed E-state index contributed by atoms with van der Waals surface area (Å²) < 4.78 is 14.0. The molecule has 2 N–H and O–H groups in total. The van der Waals surface area contributed by atoms with Crippen molar-refractivity contribution >= 4 is 33.2 Å². The van der Waals surface area contributed by atoms with Crippen LogP contribution in [0.25, 0.3) is 0 Å². The van der Waals surface area contributed by atoms with Gasteiger partial charge in [-0.25, -0.2) is 4.39 Å². The van der Waals surface area contributed by atoms with Gasteiger partial charge in [0.2, 0.25) is 5.91 Å². The Morgan fingerprint density at radius 2 is 2.00 bits per heavy atom. The first kappa shape index (κ1) is 13.9. The fourth-order valence-electron chi connectivity index (χ4n) is 3.11. The van der Waals surface area contributed by atoms with Gasteiger partial charge in [-0.2, -0.15) is 0 Å². The second-order valence-corrected chi connectivity index (χ2v) is 6.94. The van der Waals surface area contributed by atoms with Crippen LogP contribution in [-0.4, -0.2) is 12.5 Å². The molecule has 0 atom stereocenters.